The van der Waals surface area contributed by atoms with Gasteiger partial charge in [-0.15, -0.1) is 0 Å². The molecule has 1 aromatic heterocycles. The average Bonchev–Trinajstić information content (AvgIpc) is 3.53. The highest BCUT2D eigenvalue weighted by Gasteiger charge is 2.33. The van der Waals surface area contributed by atoms with Gasteiger partial charge in [0.25, 0.3) is 0 Å². The van der Waals surface area contributed by atoms with Crippen molar-refractivity contribution in [3.63, 3.8) is 0 Å². The third-order valence-electron chi connectivity index (χ3n) is 7.00. The Hall–Kier alpha value is -4.54. The number of nitrogens with zero attached hydrogens (tertiary/aromatic N) is 2. The molecule has 0 saturated carbocycles. The second kappa shape index (κ2) is 13.0. The van der Waals surface area contributed by atoms with Crippen LogP contribution in [0.5, 0.6) is 0 Å². The number of ether oxygens (including phenoxy) is 1. The van der Waals surface area contributed by atoms with Crippen LogP contribution in [0.4, 0.5) is 10.5 Å². The molecule has 2 heterocycles. The van der Waals surface area contributed by atoms with Crippen LogP contribution in [-0.2, 0) is 16.0 Å². The van der Waals surface area contributed by atoms with Crippen LogP contribution in [0, 0.1) is 0 Å². The van der Waals surface area contributed by atoms with Crippen molar-refractivity contribution in [2.24, 2.45) is 0 Å². The molecule has 0 unspecified atom stereocenters. The fourth-order valence-corrected chi connectivity index (χ4v) is 5.03. The molecular formula is C30H31N5O5. The van der Waals surface area contributed by atoms with Crippen molar-refractivity contribution in [3.8, 4) is 0 Å². The number of hydrogen-bond donors (Lipinski definition) is 4. The smallest absolute Gasteiger partial charge is 0.405 e. The van der Waals surface area contributed by atoms with E-state index in [4.69, 9.17) is 9.26 Å². The Morgan fingerprint density at radius 1 is 0.975 bits per heavy atom. The zero-order valence-electron chi connectivity index (χ0n) is 21.8. The van der Waals surface area contributed by atoms with Crippen molar-refractivity contribution < 1.29 is 24.0 Å². The molecule has 1 aliphatic rings. The molecule has 5 rings (SSSR count). The van der Waals surface area contributed by atoms with E-state index in [0.29, 0.717) is 31.1 Å². The fraction of sp³-hybridized carbons (Fsp3) is 0.267. The zero-order valence-corrected chi connectivity index (χ0v) is 21.8. The summed E-state index contributed by atoms with van der Waals surface area (Å²) in [5.41, 5.74) is 3.23. The van der Waals surface area contributed by atoms with Gasteiger partial charge in [-0.3, -0.25) is 4.79 Å². The molecule has 3 aromatic carbocycles. The van der Waals surface area contributed by atoms with Crippen LogP contribution in [0.2, 0.25) is 0 Å². The lowest BCUT2D eigenvalue weighted by Crippen LogP contribution is -2.47. The molecule has 3 atom stereocenters. The number of hydrogen-bond acceptors (Lipinski definition) is 7. The summed E-state index contributed by atoms with van der Waals surface area (Å²) in [7, 11) is 0. The number of morpholine rings is 1. The molecule has 206 valence electrons. The average molecular weight is 542 g/mol. The van der Waals surface area contributed by atoms with Gasteiger partial charge >= 0.3 is 6.09 Å². The number of rotatable bonds is 10. The Bertz CT molecular complexity index is 1340. The first-order valence-corrected chi connectivity index (χ1v) is 13.2. The zero-order chi connectivity index (χ0) is 27.7. The maximum Gasteiger partial charge on any atom is 0.405 e. The van der Waals surface area contributed by atoms with E-state index in [1.807, 2.05) is 84.9 Å². The van der Waals surface area contributed by atoms with Gasteiger partial charge in [0.15, 0.2) is 5.82 Å². The molecule has 0 radical (unpaired) electrons. The lowest BCUT2D eigenvalue weighted by atomic mass is 9.84. The first-order valence-electron chi connectivity index (χ1n) is 13.2. The van der Waals surface area contributed by atoms with Gasteiger partial charge in [0, 0.05) is 18.2 Å². The van der Waals surface area contributed by atoms with Gasteiger partial charge in [-0.25, -0.2) is 4.79 Å². The summed E-state index contributed by atoms with van der Waals surface area (Å²) in [6, 6.07) is 25.3. The number of carboxylic acid groups (broad SMARTS) is 1. The van der Waals surface area contributed by atoms with Crippen molar-refractivity contribution in [1.29, 1.82) is 0 Å². The van der Waals surface area contributed by atoms with E-state index in [2.05, 4.69) is 26.1 Å². The van der Waals surface area contributed by atoms with Crippen LogP contribution in [0.15, 0.2) is 95.8 Å². The number of aromatic nitrogens is 2. The van der Waals surface area contributed by atoms with E-state index in [1.165, 1.54) is 6.39 Å². The summed E-state index contributed by atoms with van der Waals surface area (Å²) in [6.07, 6.45) is 1.40. The number of benzene rings is 3. The third kappa shape index (κ3) is 6.71. The summed E-state index contributed by atoms with van der Waals surface area (Å²) in [5, 5.41) is 22.4. The number of aryl methyl sites for hydroxylation is 1. The van der Waals surface area contributed by atoms with Gasteiger partial charge in [-0.1, -0.05) is 84.0 Å². The molecule has 10 heteroatoms. The first-order chi connectivity index (χ1) is 19.6. The van der Waals surface area contributed by atoms with Crippen LogP contribution in [0.1, 0.15) is 40.9 Å². The minimum absolute atomic E-state index is 0.0196. The molecular weight excluding hydrogens is 510 g/mol. The number of anilines is 1. The Balaban J connectivity index is 1.30. The van der Waals surface area contributed by atoms with Crippen molar-refractivity contribution in [2.75, 3.05) is 18.5 Å². The van der Waals surface area contributed by atoms with Crippen LogP contribution < -0.4 is 16.0 Å². The van der Waals surface area contributed by atoms with Gasteiger partial charge in [0.1, 0.15) is 6.04 Å². The van der Waals surface area contributed by atoms with E-state index in [9.17, 15) is 14.7 Å². The Kier molecular flexibility index (Phi) is 8.79. The second-order valence-corrected chi connectivity index (χ2v) is 9.62. The number of carbonyl (C=O) groups is 2. The van der Waals surface area contributed by atoms with Gasteiger partial charge in [-0.05, 0) is 35.6 Å². The summed E-state index contributed by atoms with van der Waals surface area (Å²) >= 11 is 0. The van der Waals surface area contributed by atoms with Gasteiger partial charge in [-0.2, -0.15) is 4.98 Å². The van der Waals surface area contributed by atoms with E-state index < -0.39 is 24.0 Å². The standard InChI is InChI=1S/C30H31N5O5/c36-29(27(34-30(37)38)26(21-10-3-1-4-11-21)22-12-5-2-6-13-22)33-24-14-8-7-9-20(24)15-16-23-17-31-25(18-39-23)28-32-19-40-35-28/h1-14,19,23,25-27,31,34H,15-18H2,(H,33,36)(H,37,38)/t23-,25+,27+/m1/s1. The predicted octanol–water partition coefficient (Wildman–Crippen LogP) is 4.14. The van der Waals surface area contributed by atoms with Crippen molar-refractivity contribution in [1.82, 2.24) is 20.8 Å². The van der Waals surface area contributed by atoms with E-state index in [0.717, 1.165) is 23.1 Å². The summed E-state index contributed by atoms with van der Waals surface area (Å²) in [5.74, 6) is -0.397. The maximum absolute atomic E-state index is 13.8. The highest BCUT2D eigenvalue weighted by molar-refractivity contribution is 5.98. The van der Waals surface area contributed by atoms with Gasteiger partial charge in [0.05, 0.1) is 18.8 Å². The topological polar surface area (TPSA) is 139 Å². The first kappa shape index (κ1) is 27.0. The number of nitrogens with one attached hydrogen (secondary N) is 3. The van der Waals surface area contributed by atoms with Gasteiger partial charge in [0.2, 0.25) is 12.3 Å². The third-order valence-corrected chi connectivity index (χ3v) is 7.00. The molecule has 1 aliphatic heterocycles. The Morgan fingerprint density at radius 2 is 1.65 bits per heavy atom. The number of para-hydroxylation sites is 1. The van der Waals surface area contributed by atoms with E-state index in [-0.39, 0.29) is 12.1 Å². The SMILES string of the molecule is O=C(O)N[C@H](C(=O)Nc1ccccc1CC[C@@H]1CN[C@H](c2ncon2)CO1)C(c1ccccc1)c1ccccc1. The maximum atomic E-state index is 13.8. The normalized spacial score (nSPS) is 17.7. The largest absolute Gasteiger partial charge is 0.465 e. The monoisotopic (exact) mass is 541 g/mol. The molecule has 2 amide bonds. The van der Waals surface area contributed by atoms with Crippen LogP contribution in [0.3, 0.4) is 0 Å². The Morgan fingerprint density at radius 3 is 2.25 bits per heavy atom. The van der Waals surface area contributed by atoms with Crippen LogP contribution >= 0.6 is 0 Å². The van der Waals surface area contributed by atoms with Crippen molar-refractivity contribution >= 4 is 17.7 Å². The lowest BCUT2D eigenvalue weighted by molar-refractivity contribution is -0.118. The molecule has 0 aliphatic carbocycles. The summed E-state index contributed by atoms with van der Waals surface area (Å²) in [4.78, 5) is 29.7. The minimum Gasteiger partial charge on any atom is -0.465 e. The van der Waals surface area contributed by atoms with E-state index >= 15 is 0 Å². The molecule has 40 heavy (non-hydrogen) atoms. The number of carbonyl (C=O) groups excluding carboxylic acids is 1. The summed E-state index contributed by atoms with van der Waals surface area (Å²) < 4.78 is 10.8. The van der Waals surface area contributed by atoms with Crippen molar-refractivity contribution in [2.45, 2.75) is 36.9 Å². The van der Waals surface area contributed by atoms with Gasteiger partial charge < -0.3 is 30.3 Å². The Labute approximate surface area is 231 Å². The summed E-state index contributed by atoms with van der Waals surface area (Å²) in [6.45, 7) is 1.07. The molecule has 0 spiro atoms. The molecule has 1 saturated heterocycles. The molecule has 4 aromatic rings. The quantitative estimate of drug-likeness (QED) is 0.235. The molecule has 0 bridgehead atoms. The molecule has 1 fully saturated rings. The second-order valence-electron chi connectivity index (χ2n) is 9.62. The molecule has 4 N–H and O–H groups in total. The van der Waals surface area contributed by atoms with E-state index in [1.54, 1.807) is 0 Å². The predicted molar refractivity (Wildman–Crippen MR) is 148 cm³/mol. The fourth-order valence-electron chi connectivity index (χ4n) is 5.03. The lowest BCUT2D eigenvalue weighted by Gasteiger charge is -2.29. The highest BCUT2D eigenvalue weighted by Crippen LogP contribution is 2.30. The highest BCUT2D eigenvalue weighted by atomic mass is 16.5. The van der Waals surface area contributed by atoms with Crippen LogP contribution in [-0.4, -0.2) is 52.5 Å². The number of amides is 2. The minimum atomic E-state index is -1.27. The molecule has 10 nitrogen and oxygen atoms in total. The van der Waals surface area contributed by atoms with Crippen LogP contribution in [0.25, 0.3) is 0 Å². The van der Waals surface area contributed by atoms with Crippen molar-refractivity contribution in [3.05, 3.63) is 114 Å².